The van der Waals surface area contributed by atoms with Crippen LogP contribution >= 0.6 is 0 Å². The molecule has 0 radical (unpaired) electrons. The summed E-state index contributed by atoms with van der Waals surface area (Å²) in [5.41, 5.74) is 2.59. The summed E-state index contributed by atoms with van der Waals surface area (Å²) in [4.78, 5) is 11.5. The van der Waals surface area contributed by atoms with Gasteiger partial charge in [0.05, 0.1) is 5.69 Å². The highest BCUT2D eigenvalue weighted by atomic mass is 19.1. The molecule has 6 heteroatoms. The number of hydroxylamine groups is 1. The molecular weight excluding hydrogens is 299 g/mol. The number of anilines is 1. The number of hydrogen-bond donors (Lipinski definition) is 2. The van der Waals surface area contributed by atoms with Gasteiger partial charge in [-0.2, -0.15) is 5.06 Å². The van der Waals surface area contributed by atoms with Crippen LogP contribution in [0.15, 0.2) is 36.4 Å². The molecule has 0 atom stereocenters. The molecule has 2 aromatic carbocycles. The standard InChI is InChI=1S/C17H19FN2O3/c1-11-4-7-16(12(2)8-11)23-10-13-9-14(18)5-6-15(13)20(22)17(21)19-3/h4-9,22H,10H2,1-3H3,(H,19,21). The molecule has 122 valence electrons. The van der Waals surface area contributed by atoms with Crippen LogP contribution in [0.5, 0.6) is 5.75 Å². The van der Waals surface area contributed by atoms with E-state index in [1.807, 2.05) is 32.0 Å². The molecule has 0 fully saturated rings. The van der Waals surface area contributed by atoms with Crippen molar-refractivity contribution in [3.63, 3.8) is 0 Å². The third-order valence-corrected chi connectivity index (χ3v) is 3.39. The van der Waals surface area contributed by atoms with Gasteiger partial charge in [-0.05, 0) is 43.7 Å². The second-order valence-corrected chi connectivity index (χ2v) is 5.20. The molecule has 0 spiro atoms. The maximum Gasteiger partial charge on any atom is 0.345 e. The molecule has 2 N–H and O–H groups in total. The maximum atomic E-state index is 13.5. The first-order chi connectivity index (χ1) is 10.9. The van der Waals surface area contributed by atoms with Crippen molar-refractivity contribution in [2.45, 2.75) is 20.5 Å². The Kier molecular flexibility index (Phi) is 5.18. The minimum Gasteiger partial charge on any atom is -0.489 e. The van der Waals surface area contributed by atoms with Gasteiger partial charge in [0.25, 0.3) is 0 Å². The molecule has 0 bridgehead atoms. The number of aryl methyl sites for hydroxylation is 2. The molecule has 2 rings (SSSR count). The van der Waals surface area contributed by atoms with E-state index >= 15 is 0 Å². The number of ether oxygens (including phenoxy) is 1. The fourth-order valence-electron chi connectivity index (χ4n) is 2.21. The molecule has 0 saturated carbocycles. The van der Waals surface area contributed by atoms with Gasteiger partial charge in [-0.3, -0.25) is 5.21 Å². The van der Waals surface area contributed by atoms with E-state index in [0.29, 0.717) is 16.4 Å². The Morgan fingerprint density at radius 3 is 2.65 bits per heavy atom. The van der Waals surface area contributed by atoms with Crippen LogP contribution < -0.4 is 15.1 Å². The Labute approximate surface area is 134 Å². The van der Waals surface area contributed by atoms with Gasteiger partial charge in [0.1, 0.15) is 18.2 Å². The molecule has 0 saturated heterocycles. The van der Waals surface area contributed by atoms with Crippen LogP contribution in [0, 0.1) is 19.7 Å². The smallest absolute Gasteiger partial charge is 0.345 e. The maximum absolute atomic E-state index is 13.5. The van der Waals surface area contributed by atoms with E-state index in [-0.39, 0.29) is 12.3 Å². The third-order valence-electron chi connectivity index (χ3n) is 3.39. The van der Waals surface area contributed by atoms with Crippen LogP contribution in [0.2, 0.25) is 0 Å². The van der Waals surface area contributed by atoms with Crippen molar-refractivity contribution in [2.75, 3.05) is 12.1 Å². The molecule has 0 aliphatic heterocycles. The SMILES string of the molecule is CNC(=O)N(O)c1ccc(F)cc1COc1ccc(C)cc1C. The quantitative estimate of drug-likeness (QED) is 0.669. The van der Waals surface area contributed by atoms with E-state index in [1.165, 1.54) is 25.2 Å². The van der Waals surface area contributed by atoms with E-state index in [1.54, 1.807) is 0 Å². The minimum atomic E-state index is -0.718. The van der Waals surface area contributed by atoms with E-state index in [9.17, 15) is 14.4 Å². The summed E-state index contributed by atoms with van der Waals surface area (Å²) in [6, 6.07) is 8.73. The number of carbonyl (C=O) groups is 1. The van der Waals surface area contributed by atoms with Gasteiger partial charge in [-0.1, -0.05) is 17.7 Å². The monoisotopic (exact) mass is 318 g/mol. The molecule has 5 nitrogen and oxygen atoms in total. The molecule has 2 aromatic rings. The summed E-state index contributed by atoms with van der Waals surface area (Å²) in [7, 11) is 1.39. The zero-order valence-electron chi connectivity index (χ0n) is 13.3. The number of benzene rings is 2. The number of nitrogens with zero attached hydrogens (tertiary/aromatic N) is 1. The number of amides is 2. The Balaban J connectivity index is 2.24. The number of hydrogen-bond acceptors (Lipinski definition) is 3. The van der Waals surface area contributed by atoms with Crippen LogP contribution in [0.25, 0.3) is 0 Å². The lowest BCUT2D eigenvalue weighted by Gasteiger charge is -2.19. The van der Waals surface area contributed by atoms with Crippen molar-refractivity contribution in [1.82, 2.24) is 5.32 Å². The average molecular weight is 318 g/mol. The van der Waals surface area contributed by atoms with Crippen molar-refractivity contribution in [2.24, 2.45) is 0 Å². The second kappa shape index (κ2) is 7.11. The highest BCUT2D eigenvalue weighted by molar-refractivity contribution is 5.90. The predicted octanol–water partition coefficient (Wildman–Crippen LogP) is 3.56. The normalized spacial score (nSPS) is 10.3. The molecular formula is C17H19FN2O3. The summed E-state index contributed by atoms with van der Waals surface area (Å²) in [5.74, 6) is 0.188. The molecule has 0 unspecified atom stereocenters. The Hall–Kier alpha value is -2.60. The van der Waals surface area contributed by atoms with E-state index in [2.05, 4.69) is 5.32 Å². The summed E-state index contributed by atoms with van der Waals surface area (Å²) >= 11 is 0. The topological polar surface area (TPSA) is 61.8 Å². The number of carbonyl (C=O) groups excluding carboxylic acids is 1. The van der Waals surface area contributed by atoms with Crippen LogP contribution in [0.3, 0.4) is 0 Å². The lowest BCUT2D eigenvalue weighted by molar-refractivity contribution is 0.205. The van der Waals surface area contributed by atoms with Crippen molar-refractivity contribution < 1.29 is 19.1 Å². The van der Waals surface area contributed by atoms with Gasteiger partial charge >= 0.3 is 6.03 Å². The molecule has 0 aliphatic rings. The van der Waals surface area contributed by atoms with Crippen LogP contribution in [0.4, 0.5) is 14.9 Å². The molecule has 0 aliphatic carbocycles. The van der Waals surface area contributed by atoms with Gasteiger partial charge < -0.3 is 10.1 Å². The molecule has 0 aromatic heterocycles. The van der Waals surface area contributed by atoms with Crippen molar-refractivity contribution in [3.05, 3.63) is 58.9 Å². The first-order valence-corrected chi connectivity index (χ1v) is 7.11. The van der Waals surface area contributed by atoms with E-state index in [4.69, 9.17) is 4.74 Å². The van der Waals surface area contributed by atoms with E-state index in [0.717, 1.165) is 11.1 Å². The number of nitrogens with one attached hydrogen (secondary N) is 1. The third kappa shape index (κ3) is 3.98. The minimum absolute atomic E-state index is 0.0189. The zero-order chi connectivity index (χ0) is 17.0. The van der Waals surface area contributed by atoms with Crippen LogP contribution in [-0.2, 0) is 6.61 Å². The lowest BCUT2D eigenvalue weighted by Crippen LogP contribution is -2.36. The highest BCUT2D eigenvalue weighted by Crippen LogP contribution is 2.25. The first kappa shape index (κ1) is 16.8. The van der Waals surface area contributed by atoms with Crippen LogP contribution in [-0.4, -0.2) is 18.3 Å². The van der Waals surface area contributed by atoms with Gasteiger partial charge in [0, 0.05) is 12.6 Å². The van der Waals surface area contributed by atoms with Crippen LogP contribution in [0.1, 0.15) is 16.7 Å². The van der Waals surface area contributed by atoms with E-state index < -0.39 is 11.8 Å². The molecule has 23 heavy (non-hydrogen) atoms. The molecule has 2 amide bonds. The van der Waals surface area contributed by atoms with Crippen molar-refractivity contribution in [3.8, 4) is 5.75 Å². The predicted molar refractivity (Wildman–Crippen MR) is 85.4 cm³/mol. The number of rotatable bonds is 4. The average Bonchev–Trinajstić information content (AvgIpc) is 2.52. The summed E-state index contributed by atoms with van der Waals surface area (Å²) in [5, 5.41) is 12.6. The Morgan fingerprint density at radius 1 is 1.26 bits per heavy atom. The second-order valence-electron chi connectivity index (χ2n) is 5.20. The molecule has 0 heterocycles. The van der Waals surface area contributed by atoms with Crippen molar-refractivity contribution >= 4 is 11.7 Å². The Morgan fingerprint density at radius 2 is 2.00 bits per heavy atom. The fourth-order valence-corrected chi connectivity index (χ4v) is 2.21. The largest absolute Gasteiger partial charge is 0.489 e. The summed E-state index contributed by atoms with van der Waals surface area (Å²) < 4.78 is 19.2. The zero-order valence-corrected chi connectivity index (χ0v) is 13.3. The van der Waals surface area contributed by atoms with Gasteiger partial charge in [0.15, 0.2) is 0 Å². The van der Waals surface area contributed by atoms with Gasteiger partial charge in [-0.25, -0.2) is 9.18 Å². The summed E-state index contributed by atoms with van der Waals surface area (Å²) in [6.45, 7) is 3.91. The first-order valence-electron chi connectivity index (χ1n) is 7.11. The fraction of sp³-hybridized carbons (Fsp3) is 0.235. The van der Waals surface area contributed by atoms with Gasteiger partial charge in [-0.15, -0.1) is 0 Å². The number of urea groups is 1. The highest BCUT2D eigenvalue weighted by Gasteiger charge is 2.16. The Bertz CT molecular complexity index is 719. The summed E-state index contributed by atoms with van der Waals surface area (Å²) in [6.07, 6.45) is 0. The van der Waals surface area contributed by atoms with Gasteiger partial charge in [0.2, 0.25) is 0 Å². The van der Waals surface area contributed by atoms with Crippen molar-refractivity contribution in [1.29, 1.82) is 0 Å². The lowest BCUT2D eigenvalue weighted by atomic mass is 10.1. The number of halogens is 1.